The zero-order chi connectivity index (χ0) is 14.1. The fraction of sp³-hybridized carbons (Fsp3) is 0.333. The number of fused-ring (bicyclic) bond motifs is 1. The Hall–Kier alpha value is -2.30. The van der Waals surface area contributed by atoms with Crippen LogP contribution in [0.1, 0.15) is 6.42 Å². The second-order valence-electron chi connectivity index (χ2n) is 5.19. The number of benzene rings is 1. The van der Waals surface area contributed by atoms with Crippen LogP contribution in [0.15, 0.2) is 30.6 Å². The molecule has 1 amide bonds. The third kappa shape index (κ3) is 2.15. The number of pyridine rings is 1. The number of hydrogen-bond acceptors (Lipinski definition) is 4. The molecular formula is C15H18N4O. The molecule has 0 saturated carbocycles. The number of nitrogens with two attached hydrogens (primary N) is 1. The fourth-order valence-corrected chi connectivity index (χ4v) is 2.65. The molecule has 2 aromatic rings. The normalized spacial score (nSPS) is 16.6. The van der Waals surface area contributed by atoms with Crippen LogP contribution in [0.3, 0.4) is 0 Å². The lowest BCUT2D eigenvalue weighted by Crippen LogP contribution is -2.34. The molecule has 1 aromatic carbocycles. The fourth-order valence-electron chi connectivity index (χ4n) is 2.65. The zero-order valence-electron chi connectivity index (χ0n) is 11.5. The highest BCUT2D eigenvalue weighted by Gasteiger charge is 2.21. The van der Waals surface area contributed by atoms with E-state index in [1.54, 1.807) is 17.3 Å². The Morgan fingerprint density at radius 2 is 2.10 bits per heavy atom. The Morgan fingerprint density at radius 3 is 2.95 bits per heavy atom. The molecule has 5 nitrogen and oxygen atoms in total. The van der Waals surface area contributed by atoms with Crippen molar-refractivity contribution in [2.45, 2.75) is 6.42 Å². The molecule has 0 bridgehead atoms. The summed E-state index contributed by atoms with van der Waals surface area (Å²) in [6.45, 7) is 2.03. The van der Waals surface area contributed by atoms with Crippen molar-refractivity contribution in [3.8, 4) is 0 Å². The zero-order valence-corrected chi connectivity index (χ0v) is 11.5. The lowest BCUT2D eigenvalue weighted by atomic mass is 10.1. The van der Waals surface area contributed by atoms with E-state index in [9.17, 15) is 4.79 Å². The van der Waals surface area contributed by atoms with Crippen molar-refractivity contribution in [3.63, 3.8) is 0 Å². The molecule has 1 fully saturated rings. The maximum Gasteiger partial charge on any atom is 0.241 e. The van der Waals surface area contributed by atoms with Crippen molar-refractivity contribution in [1.29, 1.82) is 0 Å². The summed E-state index contributed by atoms with van der Waals surface area (Å²) in [6, 6.07) is 5.91. The third-order valence-electron chi connectivity index (χ3n) is 3.85. The van der Waals surface area contributed by atoms with E-state index < -0.39 is 0 Å². The quantitative estimate of drug-likeness (QED) is 0.797. The molecule has 20 heavy (non-hydrogen) atoms. The monoisotopic (exact) mass is 270 g/mol. The van der Waals surface area contributed by atoms with Gasteiger partial charge in [0.1, 0.15) is 0 Å². The molecule has 0 atom stereocenters. The number of aromatic nitrogens is 1. The minimum Gasteiger partial charge on any atom is -0.397 e. The predicted octanol–water partition coefficient (Wildman–Crippen LogP) is 1.49. The first-order chi connectivity index (χ1) is 9.66. The van der Waals surface area contributed by atoms with E-state index in [2.05, 4.69) is 9.88 Å². The molecule has 3 rings (SSSR count). The van der Waals surface area contributed by atoms with E-state index in [1.165, 1.54) is 0 Å². The van der Waals surface area contributed by atoms with Crippen LogP contribution >= 0.6 is 0 Å². The van der Waals surface area contributed by atoms with E-state index in [1.807, 2.05) is 25.2 Å². The molecular weight excluding hydrogens is 252 g/mol. The van der Waals surface area contributed by atoms with Gasteiger partial charge in [0.05, 0.1) is 17.9 Å². The maximum atomic E-state index is 12.0. The van der Waals surface area contributed by atoms with E-state index in [-0.39, 0.29) is 5.91 Å². The number of anilines is 2. The number of rotatable bonds is 1. The standard InChI is InChI=1S/C15H18N4O/c1-18-7-2-8-19(10-14(18)20)13-4-3-11-9-17-6-5-12(11)15(13)16/h3-6,9H,2,7-8,10,16H2,1H3. The molecule has 5 heteroatoms. The minimum absolute atomic E-state index is 0.136. The van der Waals surface area contributed by atoms with Crippen LogP contribution < -0.4 is 10.6 Å². The topological polar surface area (TPSA) is 62.5 Å². The molecule has 0 aliphatic carbocycles. The van der Waals surface area contributed by atoms with Crippen molar-refractivity contribution < 1.29 is 4.79 Å². The van der Waals surface area contributed by atoms with Gasteiger partial charge in [0, 0.05) is 43.3 Å². The van der Waals surface area contributed by atoms with Crippen molar-refractivity contribution in [2.75, 3.05) is 37.3 Å². The highest BCUT2D eigenvalue weighted by atomic mass is 16.2. The predicted molar refractivity (Wildman–Crippen MR) is 80.6 cm³/mol. The summed E-state index contributed by atoms with van der Waals surface area (Å²) in [6.07, 6.45) is 4.50. The molecule has 1 saturated heterocycles. The van der Waals surface area contributed by atoms with Gasteiger partial charge in [-0.25, -0.2) is 0 Å². The summed E-state index contributed by atoms with van der Waals surface area (Å²) in [4.78, 5) is 20.0. The van der Waals surface area contributed by atoms with Gasteiger partial charge in [0.25, 0.3) is 0 Å². The van der Waals surface area contributed by atoms with Crippen molar-refractivity contribution in [2.24, 2.45) is 0 Å². The van der Waals surface area contributed by atoms with E-state index >= 15 is 0 Å². The summed E-state index contributed by atoms with van der Waals surface area (Å²) in [5.74, 6) is 0.136. The maximum absolute atomic E-state index is 12.0. The van der Waals surface area contributed by atoms with Gasteiger partial charge in [0.2, 0.25) is 5.91 Å². The average Bonchev–Trinajstić information content (AvgIpc) is 2.62. The molecule has 1 aliphatic heterocycles. The van der Waals surface area contributed by atoms with Gasteiger partial charge in [-0.05, 0) is 18.6 Å². The molecule has 0 spiro atoms. The summed E-state index contributed by atoms with van der Waals surface area (Å²) in [5.41, 5.74) is 7.95. The number of likely N-dealkylation sites (N-methyl/N-ethyl adjacent to an activating group) is 1. The lowest BCUT2D eigenvalue weighted by molar-refractivity contribution is -0.127. The van der Waals surface area contributed by atoms with Crippen LogP contribution in [0.4, 0.5) is 11.4 Å². The molecule has 1 aromatic heterocycles. The highest BCUT2D eigenvalue weighted by Crippen LogP contribution is 2.31. The largest absolute Gasteiger partial charge is 0.397 e. The summed E-state index contributed by atoms with van der Waals surface area (Å²) < 4.78 is 0. The Kier molecular flexibility index (Phi) is 3.18. The van der Waals surface area contributed by atoms with Gasteiger partial charge in [-0.3, -0.25) is 9.78 Å². The van der Waals surface area contributed by atoms with Crippen molar-refractivity contribution >= 4 is 28.1 Å². The van der Waals surface area contributed by atoms with Gasteiger partial charge in [0.15, 0.2) is 0 Å². The molecule has 2 N–H and O–H groups in total. The number of carbonyl (C=O) groups excluding carboxylic acids is 1. The summed E-state index contributed by atoms with van der Waals surface area (Å²) >= 11 is 0. The Morgan fingerprint density at radius 1 is 1.25 bits per heavy atom. The SMILES string of the molecule is CN1CCCN(c2ccc3cnccc3c2N)CC1=O. The average molecular weight is 270 g/mol. The molecule has 0 unspecified atom stereocenters. The Labute approximate surface area is 118 Å². The van der Waals surface area contributed by atoms with Gasteiger partial charge in [-0.15, -0.1) is 0 Å². The second kappa shape index (κ2) is 5.00. The molecule has 0 radical (unpaired) electrons. The van der Waals surface area contributed by atoms with E-state index in [0.717, 1.165) is 41.7 Å². The first kappa shape index (κ1) is 12.7. The molecule has 2 heterocycles. The van der Waals surface area contributed by atoms with Crippen LogP contribution in [0.5, 0.6) is 0 Å². The van der Waals surface area contributed by atoms with Crippen LogP contribution in [0, 0.1) is 0 Å². The van der Waals surface area contributed by atoms with E-state index in [0.29, 0.717) is 6.54 Å². The first-order valence-electron chi connectivity index (χ1n) is 6.78. The number of amides is 1. The number of carbonyl (C=O) groups is 1. The number of nitrogen functional groups attached to an aromatic ring is 1. The first-order valence-corrected chi connectivity index (χ1v) is 6.78. The highest BCUT2D eigenvalue weighted by molar-refractivity contribution is 5.99. The van der Waals surface area contributed by atoms with Crippen LogP contribution in [-0.2, 0) is 4.79 Å². The van der Waals surface area contributed by atoms with Crippen LogP contribution in [0.25, 0.3) is 10.8 Å². The van der Waals surface area contributed by atoms with E-state index in [4.69, 9.17) is 5.73 Å². The molecule has 1 aliphatic rings. The van der Waals surface area contributed by atoms with Gasteiger partial charge >= 0.3 is 0 Å². The van der Waals surface area contributed by atoms with Crippen LogP contribution in [0.2, 0.25) is 0 Å². The van der Waals surface area contributed by atoms with Crippen molar-refractivity contribution in [1.82, 2.24) is 9.88 Å². The van der Waals surface area contributed by atoms with Crippen LogP contribution in [-0.4, -0.2) is 42.5 Å². The Bertz CT molecular complexity index is 655. The number of hydrogen-bond donors (Lipinski definition) is 1. The lowest BCUT2D eigenvalue weighted by Gasteiger charge is -2.24. The Balaban J connectivity index is 2.01. The number of nitrogens with zero attached hydrogens (tertiary/aromatic N) is 3. The van der Waals surface area contributed by atoms with Crippen molar-refractivity contribution in [3.05, 3.63) is 30.6 Å². The smallest absolute Gasteiger partial charge is 0.241 e. The minimum atomic E-state index is 0.136. The summed E-state index contributed by atoms with van der Waals surface area (Å²) in [7, 11) is 1.85. The summed E-state index contributed by atoms with van der Waals surface area (Å²) in [5, 5.41) is 2.01. The van der Waals surface area contributed by atoms with Gasteiger partial charge < -0.3 is 15.5 Å². The third-order valence-corrected chi connectivity index (χ3v) is 3.85. The van der Waals surface area contributed by atoms with Gasteiger partial charge in [-0.1, -0.05) is 6.07 Å². The second-order valence-corrected chi connectivity index (χ2v) is 5.19. The van der Waals surface area contributed by atoms with Gasteiger partial charge in [-0.2, -0.15) is 0 Å². The molecule has 104 valence electrons.